The molecule has 4 heteroatoms. The van der Waals surface area contributed by atoms with Crippen molar-refractivity contribution in [3.05, 3.63) is 35.4 Å². The molecule has 3 N–H and O–H groups in total. The summed E-state index contributed by atoms with van der Waals surface area (Å²) in [5, 5.41) is 2.54. The van der Waals surface area contributed by atoms with Gasteiger partial charge in [0.2, 0.25) is 5.91 Å². The van der Waals surface area contributed by atoms with E-state index in [0.29, 0.717) is 5.56 Å². The second-order valence-corrected chi connectivity index (χ2v) is 5.42. The van der Waals surface area contributed by atoms with Crippen LogP contribution in [-0.2, 0) is 10.2 Å². The second-order valence-electron chi connectivity index (χ2n) is 5.42. The molecule has 1 rings (SSSR count). The first-order valence-corrected chi connectivity index (χ1v) is 5.92. The average Bonchev–Trinajstić information content (AvgIpc) is 2.27. The van der Waals surface area contributed by atoms with Gasteiger partial charge in [0.1, 0.15) is 6.04 Å². The predicted octanol–water partition coefficient (Wildman–Crippen LogP) is 1.59. The van der Waals surface area contributed by atoms with Crippen molar-refractivity contribution in [1.82, 2.24) is 5.32 Å². The molecule has 0 spiro atoms. The van der Waals surface area contributed by atoms with Crippen molar-refractivity contribution in [2.75, 3.05) is 0 Å². The van der Waals surface area contributed by atoms with Gasteiger partial charge < -0.3 is 11.1 Å². The van der Waals surface area contributed by atoms with E-state index >= 15 is 0 Å². The predicted molar refractivity (Wildman–Crippen MR) is 71.3 cm³/mol. The van der Waals surface area contributed by atoms with Gasteiger partial charge in [-0.3, -0.25) is 9.59 Å². The monoisotopic (exact) mass is 248 g/mol. The summed E-state index contributed by atoms with van der Waals surface area (Å²) in [4.78, 5) is 22.7. The quantitative estimate of drug-likeness (QED) is 0.852. The van der Waals surface area contributed by atoms with Crippen molar-refractivity contribution in [2.24, 2.45) is 5.73 Å². The first kappa shape index (κ1) is 14.2. The Morgan fingerprint density at radius 2 is 1.67 bits per heavy atom. The van der Waals surface area contributed by atoms with E-state index in [0.717, 1.165) is 5.56 Å². The van der Waals surface area contributed by atoms with Gasteiger partial charge in [0.15, 0.2) is 0 Å². The van der Waals surface area contributed by atoms with Crippen molar-refractivity contribution in [1.29, 1.82) is 0 Å². The Labute approximate surface area is 108 Å². The van der Waals surface area contributed by atoms with Gasteiger partial charge in [-0.15, -0.1) is 0 Å². The van der Waals surface area contributed by atoms with Gasteiger partial charge in [0.05, 0.1) is 0 Å². The van der Waals surface area contributed by atoms with Gasteiger partial charge >= 0.3 is 0 Å². The lowest BCUT2D eigenvalue weighted by molar-refractivity contribution is -0.119. The zero-order valence-corrected chi connectivity index (χ0v) is 11.3. The molecule has 0 saturated heterocycles. The topological polar surface area (TPSA) is 72.2 Å². The summed E-state index contributed by atoms with van der Waals surface area (Å²) in [6.07, 6.45) is 0. The third-order valence-corrected chi connectivity index (χ3v) is 2.79. The summed E-state index contributed by atoms with van der Waals surface area (Å²) >= 11 is 0. The number of nitrogens with one attached hydrogen (secondary N) is 1. The molecule has 0 radical (unpaired) electrons. The van der Waals surface area contributed by atoms with Crippen molar-refractivity contribution >= 4 is 11.8 Å². The summed E-state index contributed by atoms with van der Waals surface area (Å²) in [6, 6.07) is 6.68. The molecule has 0 aliphatic heterocycles. The number of carbonyl (C=O) groups excluding carboxylic acids is 2. The van der Waals surface area contributed by atoms with Crippen LogP contribution >= 0.6 is 0 Å². The fourth-order valence-corrected chi connectivity index (χ4v) is 1.47. The fraction of sp³-hybridized carbons (Fsp3) is 0.429. The lowest BCUT2D eigenvalue weighted by atomic mass is 9.86. The third-order valence-electron chi connectivity index (χ3n) is 2.79. The molecular formula is C14H20N2O2. The van der Waals surface area contributed by atoms with Crippen molar-refractivity contribution in [3.63, 3.8) is 0 Å². The lowest BCUT2D eigenvalue weighted by Crippen LogP contribution is -2.42. The Morgan fingerprint density at radius 1 is 1.17 bits per heavy atom. The van der Waals surface area contributed by atoms with Gasteiger partial charge in [0, 0.05) is 5.56 Å². The second kappa shape index (κ2) is 5.21. The highest BCUT2D eigenvalue weighted by Gasteiger charge is 2.16. The van der Waals surface area contributed by atoms with Crippen LogP contribution in [0.25, 0.3) is 0 Å². The molecule has 0 heterocycles. The van der Waals surface area contributed by atoms with E-state index in [4.69, 9.17) is 5.73 Å². The normalized spacial score (nSPS) is 12.9. The molecule has 1 atom stereocenters. The van der Waals surface area contributed by atoms with Crippen molar-refractivity contribution < 1.29 is 9.59 Å². The molecule has 18 heavy (non-hydrogen) atoms. The zero-order valence-electron chi connectivity index (χ0n) is 11.3. The van der Waals surface area contributed by atoms with E-state index in [2.05, 4.69) is 26.1 Å². The van der Waals surface area contributed by atoms with Crippen LogP contribution in [0.15, 0.2) is 24.3 Å². The average molecular weight is 248 g/mol. The maximum absolute atomic E-state index is 11.8. The molecular weight excluding hydrogens is 228 g/mol. The summed E-state index contributed by atoms with van der Waals surface area (Å²) in [5.74, 6) is -0.837. The SMILES string of the molecule is C[C@@H](NC(=O)c1ccc(C(C)(C)C)cc1)C(N)=O. The van der Waals surface area contributed by atoms with Crippen LogP contribution in [0.3, 0.4) is 0 Å². The van der Waals surface area contributed by atoms with Gasteiger partial charge in [-0.05, 0) is 30.0 Å². The Balaban J connectivity index is 2.80. The number of hydrogen-bond donors (Lipinski definition) is 2. The molecule has 1 aromatic carbocycles. The van der Waals surface area contributed by atoms with E-state index in [1.807, 2.05) is 12.1 Å². The molecule has 0 saturated carbocycles. The number of hydrogen-bond acceptors (Lipinski definition) is 2. The molecule has 0 aliphatic rings. The van der Waals surface area contributed by atoms with E-state index in [-0.39, 0.29) is 11.3 Å². The van der Waals surface area contributed by atoms with E-state index in [1.165, 1.54) is 0 Å². The minimum Gasteiger partial charge on any atom is -0.368 e. The summed E-state index contributed by atoms with van der Waals surface area (Å²) in [6.45, 7) is 7.88. The van der Waals surface area contributed by atoms with Gasteiger partial charge in [-0.1, -0.05) is 32.9 Å². The number of nitrogens with two attached hydrogens (primary N) is 1. The van der Waals surface area contributed by atoms with Crippen LogP contribution in [0, 0.1) is 0 Å². The minimum absolute atomic E-state index is 0.0511. The number of carbonyl (C=O) groups is 2. The Morgan fingerprint density at radius 3 is 2.06 bits per heavy atom. The standard InChI is InChI=1S/C14H20N2O2/c1-9(12(15)17)16-13(18)10-5-7-11(8-6-10)14(2,3)4/h5-9H,1-4H3,(H2,15,17)(H,16,18)/t9-/m1/s1. The zero-order chi connectivity index (χ0) is 13.9. The van der Waals surface area contributed by atoms with Crippen LogP contribution in [0.4, 0.5) is 0 Å². The van der Waals surface area contributed by atoms with Gasteiger partial charge in [-0.2, -0.15) is 0 Å². The molecule has 98 valence electrons. The van der Waals surface area contributed by atoms with E-state index in [1.54, 1.807) is 19.1 Å². The minimum atomic E-state index is -0.667. The number of amides is 2. The summed E-state index contributed by atoms with van der Waals surface area (Å²) in [5.41, 5.74) is 6.82. The highest BCUT2D eigenvalue weighted by Crippen LogP contribution is 2.22. The van der Waals surface area contributed by atoms with E-state index < -0.39 is 11.9 Å². The van der Waals surface area contributed by atoms with Crippen LogP contribution in [-0.4, -0.2) is 17.9 Å². The van der Waals surface area contributed by atoms with E-state index in [9.17, 15) is 9.59 Å². The maximum Gasteiger partial charge on any atom is 0.251 e. The van der Waals surface area contributed by atoms with Crippen LogP contribution in [0.2, 0.25) is 0 Å². The Hall–Kier alpha value is -1.84. The number of benzene rings is 1. The van der Waals surface area contributed by atoms with Crippen LogP contribution in [0.5, 0.6) is 0 Å². The summed E-state index contributed by atoms with van der Waals surface area (Å²) in [7, 11) is 0. The first-order valence-electron chi connectivity index (χ1n) is 5.92. The maximum atomic E-state index is 11.8. The number of rotatable bonds is 3. The molecule has 0 fully saturated rings. The molecule has 4 nitrogen and oxygen atoms in total. The first-order chi connectivity index (χ1) is 8.21. The van der Waals surface area contributed by atoms with Crippen molar-refractivity contribution in [3.8, 4) is 0 Å². The Bertz CT molecular complexity index is 444. The molecule has 0 aromatic heterocycles. The van der Waals surface area contributed by atoms with Gasteiger partial charge in [-0.25, -0.2) is 0 Å². The number of primary amides is 1. The fourth-order valence-electron chi connectivity index (χ4n) is 1.47. The smallest absolute Gasteiger partial charge is 0.251 e. The largest absolute Gasteiger partial charge is 0.368 e. The highest BCUT2D eigenvalue weighted by molar-refractivity contribution is 5.97. The van der Waals surface area contributed by atoms with Crippen molar-refractivity contribution in [2.45, 2.75) is 39.2 Å². The van der Waals surface area contributed by atoms with Crippen LogP contribution in [0.1, 0.15) is 43.6 Å². The highest BCUT2D eigenvalue weighted by atomic mass is 16.2. The molecule has 2 amide bonds. The molecule has 0 bridgehead atoms. The third kappa shape index (κ3) is 3.58. The Kier molecular flexibility index (Phi) is 4.11. The van der Waals surface area contributed by atoms with Gasteiger partial charge in [0.25, 0.3) is 5.91 Å². The summed E-state index contributed by atoms with van der Waals surface area (Å²) < 4.78 is 0. The molecule has 0 aliphatic carbocycles. The lowest BCUT2D eigenvalue weighted by Gasteiger charge is -2.19. The molecule has 0 unspecified atom stereocenters. The molecule has 1 aromatic rings. The van der Waals surface area contributed by atoms with Crippen LogP contribution < -0.4 is 11.1 Å².